The number of benzene rings is 2. The number of hydrogen-bond acceptors (Lipinski definition) is 3. The minimum absolute atomic E-state index is 0.261. The minimum atomic E-state index is -0.261. The first-order chi connectivity index (χ1) is 12.0. The molecule has 0 aliphatic rings. The number of aryl methyl sites for hydroxylation is 2. The third-order valence-electron chi connectivity index (χ3n) is 3.72. The van der Waals surface area contributed by atoms with Crippen LogP contribution in [0.4, 0.5) is 5.69 Å². The summed E-state index contributed by atoms with van der Waals surface area (Å²) in [6.45, 7) is 6.79. The van der Waals surface area contributed by atoms with Crippen LogP contribution in [-0.4, -0.2) is 17.6 Å². The van der Waals surface area contributed by atoms with E-state index in [2.05, 4.69) is 23.6 Å². The molecule has 0 atom stereocenters. The zero-order valence-electron chi connectivity index (χ0n) is 14.9. The van der Waals surface area contributed by atoms with Gasteiger partial charge in [0.25, 0.3) is 5.91 Å². The zero-order chi connectivity index (χ0) is 18.2. The lowest BCUT2D eigenvalue weighted by atomic mass is 10.1. The quantitative estimate of drug-likeness (QED) is 0.586. The molecule has 0 unspecified atom stereocenters. The Bertz CT molecular complexity index is 759. The van der Waals surface area contributed by atoms with Gasteiger partial charge in [-0.25, -0.2) is 0 Å². The number of carbonyl (C=O) groups is 1. The van der Waals surface area contributed by atoms with E-state index in [0.29, 0.717) is 17.9 Å². The molecule has 0 radical (unpaired) electrons. The molecular weight excluding hydrogens is 332 g/mol. The fourth-order valence-electron chi connectivity index (χ4n) is 2.34. The van der Waals surface area contributed by atoms with E-state index in [0.717, 1.165) is 24.1 Å². The Morgan fingerprint density at radius 2 is 1.96 bits per heavy atom. The largest absolute Gasteiger partial charge is 0.494 e. The molecule has 132 valence electrons. The average molecular weight is 356 g/mol. The van der Waals surface area contributed by atoms with E-state index in [9.17, 15) is 4.79 Å². The van der Waals surface area contributed by atoms with Crippen molar-refractivity contribution in [3.63, 3.8) is 0 Å². The zero-order valence-corrected chi connectivity index (χ0v) is 15.7. The number of anilines is 1. The molecule has 2 aromatic rings. The molecule has 0 aliphatic heterocycles. The van der Waals surface area contributed by atoms with Crippen LogP contribution < -0.4 is 15.4 Å². The summed E-state index contributed by atoms with van der Waals surface area (Å²) in [4.78, 5) is 12.4. The van der Waals surface area contributed by atoms with Gasteiger partial charge >= 0.3 is 0 Å². The van der Waals surface area contributed by atoms with Crippen molar-refractivity contribution in [1.82, 2.24) is 5.32 Å². The summed E-state index contributed by atoms with van der Waals surface area (Å²) in [6, 6.07) is 13.1. The predicted octanol–water partition coefficient (Wildman–Crippen LogP) is 4.61. The first-order valence-corrected chi connectivity index (χ1v) is 8.83. The highest BCUT2D eigenvalue weighted by atomic mass is 32.1. The lowest BCUT2D eigenvalue weighted by molar-refractivity contribution is 0.0977. The molecule has 4 nitrogen and oxygen atoms in total. The van der Waals surface area contributed by atoms with Crippen molar-refractivity contribution in [1.29, 1.82) is 0 Å². The van der Waals surface area contributed by atoms with Crippen molar-refractivity contribution in [2.45, 2.75) is 33.6 Å². The molecule has 0 bridgehead atoms. The second-order valence-electron chi connectivity index (χ2n) is 5.96. The predicted molar refractivity (Wildman–Crippen MR) is 106 cm³/mol. The van der Waals surface area contributed by atoms with E-state index in [-0.39, 0.29) is 11.0 Å². The van der Waals surface area contributed by atoms with E-state index >= 15 is 0 Å². The maximum atomic E-state index is 12.4. The van der Waals surface area contributed by atoms with Crippen LogP contribution in [0, 0.1) is 13.8 Å². The van der Waals surface area contributed by atoms with Crippen LogP contribution in [0.15, 0.2) is 42.5 Å². The average Bonchev–Trinajstić information content (AvgIpc) is 2.58. The van der Waals surface area contributed by atoms with E-state index in [4.69, 9.17) is 17.0 Å². The van der Waals surface area contributed by atoms with Crippen molar-refractivity contribution >= 4 is 28.9 Å². The molecule has 2 aromatic carbocycles. The Kier molecular flexibility index (Phi) is 6.95. The molecule has 2 N–H and O–H groups in total. The number of ether oxygens (including phenoxy) is 1. The standard InChI is InChI=1S/C20H24N2O2S/c1-4-5-11-24-17-8-6-7-16(13-17)19(23)22-20(25)21-18-10-9-14(2)12-15(18)3/h6-10,12-13H,4-5,11H2,1-3H3,(H2,21,22,23,25). The molecule has 0 spiro atoms. The molecule has 0 aliphatic carbocycles. The van der Waals surface area contributed by atoms with Crippen molar-refractivity contribution in [2.75, 3.05) is 11.9 Å². The van der Waals surface area contributed by atoms with Crippen LogP contribution in [0.1, 0.15) is 41.3 Å². The minimum Gasteiger partial charge on any atom is -0.494 e. The summed E-state index contributed by atoms with van der Waals surface area (Å²) in [5.74, 6) is 0.428. The third-order valence-corrected chi connectivity index (χ3v) is 3.92. The highest BCUT2D eigenvalue weighted by molar-refractivity contribution is 7.80. The Labute approximate surface area is 154 Å². The van der Waals surface area contributed by atoms with E-state index < -0.39 is 0 Å². The van der Waals surface area contributed by atoms with Crippen LogP contribution >= 0.6 is 12.2 Å². The van der Waals surface area contributed by atoms with Gasteiger partial charge in [0.1, 0.15) is 5.75 Å². The van der Waals surface area contributed by atoms with Crippen molar-refractivity contribution < 1.29 is 9.53 Å². The topological polar surface area (TPSA) is 50.4 Å². The number of unbranched alkanes of at least 4 members (excludes halogenated alkanes) is 1. The molecule has 0 heterocycles. The van der Waals surface area contributed by atoms with Crippen LogP contribution in [0.5, 0.6) is 5.75 Å². The van der Waals surface area contributed by atoms with Crippen LogP contribution in [-0.2, 0) is 0 Å². The van der Waals surface area contributed by atoms with E-state index in [1.54, 1.807) is 18.2 Å². The molecule has 0 saturated heterocycles. The van der Waals surface area contributed by atoms with Gasteiger partial charge in [-0.05, 0) is 62.3 Å². The first-order valence-electron chi connectivity index (χ1n) is 8.42. The van der Waals surface area contributed by atoms with E-state index in [1.165, 1.54) is 5.56 Å². The van der Waals surface area contributed by atoms with Crippen LogP contribution in [0.25, 0.3) is 0 Å². The monoisotopic (exact) mass is 356 g/mol. The summed E-state index contributed by atoms with van der Waals surface area (Å²) in [6.07, 6.45) is 2.05. The van der Waals surface area contributed by atoms with Crippen molar-refractivity contribution in [3.05, 3.63) is 59.2 Å². The lowest BCUT2D eigenvalue weighted by Gasteiger charge is -2.13. The molecule has 0 fully saturated rings. The molecule has 5 heteroatoms. The molecule has 25 heavy (non-hydrogen) atoms. The van der Waals surface area contributed by atoms with Crippen molar-refractivity contribution in [3.8, 4) is 5.75 Å². The third kappa shape index (κ3) is 5.87. The number of rotatable bonds is 6. The van der Waals surface area contributed by atoms with Gasteiger partial charge in [-0.1, -0.05) is 37.1 Å². The Morgan fingerprint density at radius 3 is 2.68 bits per heavy atom. The van der Waals surface area contributed by atoms with Gasteiger partial charge in [0.15, 0.2) is 5.11 Å². The summed E-state index contributed by atoms with van der Waals surface area (Å²) in [7, 11) is 0. The summed E-state index contributed by atoms with van der Waals surface area (Å²) in [5.41, 5.74) is 3.65. The molecule has 1 amide bonds. The normalized spacial score (nSPS) is 10.2. The number of hydrogen-bond donors (Lipinski definition) is 2. The Morgan fingerprint density at radius 1 is 1.16 bits per heavy atom. The summed E-state index contributed by atoms with van der Waals surface area (Å²) >= 11 is 5.25. The molecule has 0 aromatic heterocycles. The van der Waals surface area contributed by atoms with Gasteiger partial charge in [-0.15, -0.1) is 0 Å². The smallest absolute Gasteiger partial charge is 0.257 e. The number of nitrogens with one attached hydrogen (secondary N) is 2. The molecule has 0 saturated carbocycles. The highest BCUT2D eigenvalue weighted by Crippen LogP contribution is 2.16. The Hall–Kier alpha value is -2.40. The van der Waals surface area contributed by atoms with Gasteiger partial charge in [-0.2, -0.15) is 0 Å². The summed E-state index contributed by atoms with van der Waals surface area (Å²) in [5, 5.41) is 6.04. The fraction of sp³-hybridized carbons (Fsp3) is 0.300. The second kappa shape index (κ2) is 9.18. The molecule has 2 rings (SSSR count). The van der Waals surface area contributed by atoms with Gasteiger partial charge in [-0.3, -0.25) is 10.1 Å². The highest BCUT2D eigenvalue weighted by Gasteiger charge is 2.10. The summed E-state index contributed by atoms with van der Waals surface area (Å²) < 4.78 is 5.64. The van der Waals surface area contributed by atoms with E-state index in [1.807, 2.05) is 32.0 Å². The maximum absolute atomic E-state index is 12.4. The molecular formula is C20H24N2O2S. The SMILES string of the molecule is CCCCOc1cccc(C(=O)NC(=S)Nc2ccc(C)cc2C)c1. The number of thiocarbonyl (C=S) groups is 1. The first kappa shape index (κ1) is 18.9. The van der Waals surface area contributed by atoms with Gasteiger partial charge in [0.2, 0.25) is 0 Å². The number of carbonyl (C=O) groups excluding carboxylic acids is 1. The number of amides is 1. The van der Waals surface area contributed by atoms with Crippen molar-refractivity contribution in [2.24, 2.45) is 0 Å². The van der Waals surface area contributed by atoms with Crippen LogP contribution in [0.3, 0.4) is 0 Å². The Balaban J connectivity index is 1.96. The lowest BCUT2D eigenvalue weighted by Crippen LogP contribution is -2.34. The van der Waals surface area contributed by atoms with Crippen LogP contribution in [0.2, 0.25) is 0 Å². The van der Waals surface area contributed by atoms with Gasteiger partial charge < -0.3 is 10.1 Å². The fourth-order valence-corrected chi connectivity index (χ4v) is 2.55. The maximum Gasteiger partial charge on any atom is 0.257 e. The second-order valence-corrected chi connectivity index (χ2v) is 6.36. The van der Waals surface area contributed by atoms with Gasteiger partial charge in [0.05, 0.1) is 6.61 Å². The van der Waals surface area contributed by atoms with Gasteiger partial charge in [0, 0.05) is 11.3 Å².